The average Bonchev–Trinajstić information content (AvgIpc) is 2.89. The zero-order valence-corrected chi connectivity index (χ0v) is 8.95. The fraction of sp³-hybridized carbons (Fsp3) is 0.727. The fourth-order valence-corrected chi connectivity index (χ4v) is 2.96. The van der Waals surface area contributed by atoms with Crippen molar-refractivity contribution in [2.75, 3.05) is 18.4 Å². The van der Waals surface area contributed by atoms with Gasteiger partial charge < -0.3 is 5.32 Å². The van der Waals surface area contributed by atoms with E-state index in [-0.39, 0.29) is 0 Å². The van der Waals surface area contributed by atoms with E-state index in [2.05, 4.69) is 20.4 Å². The number of hydrogen-bond donors (Lipinski definition) is 2. The predicted octanol–water partition coefficient (Wildman–Crippen LogP) is 1.45. The molecule has 0 spiro atoms. The lowest BCUT2D eigenvalue weighted by atomic mass is 9.99. The van der Waals surface area contributed by atoms with Crippen molar-refractivity contribution >= 4 is 5.69 Å². The predicted molar refractivity (Wildman–Crippen MR) is 59.8 cm³/mol. The maximum absolute atomic E-state index is 3.97. The molecule has 1 aromatic heterocycles. The van der Waals surface area contributed by atoms with Gasteiger partial charge >= 0.3 is 0 Å². The summed E-state index contributed by atoms with van der Waals surface area (Å²) in [6.07, 6.45) is 9.21. The minimum Gasteiger partial charge on any atom is -0.378 e. The molecule has 4 heteroatoms. The van der Waals surface area contributed by atoms with Crippen LogP contribution in [-0.4, -0.2) is 40.3 Å². The molecule has 0 amide bonds. The van der Waals surface area contributed by atoms with Crippen molar-refractivity contribution in [2.24, 2.45) is 0 Å². The van der Waals surface area contributed by atoms with Gasteiger partial charge in [-0.25, -0.2) is 0 Å². The summed E-state index contributed by atoms with van der Waals surface area (Å²) in [5.41, 5.74) is 1.13. The van der Waals surface area contributed by atoms with E-state index in [1.165, 1.54) is 38.8 Å². The molecule has 1 aromatic rings. The van der Waals surface area contributed by atoms with Crippen molar-refractivity contribution in [3.05, 3.63) is 12.4 Å². The zero-order chi connectivity index (χ0) is 10.1. The highest BCUT2D eigenvalue weighted by atomic mass is 15.2. The van der Waals surface area contributed by atoms with Crippen LogP contribution in [0.15, 0.2) is 12.4 Å². The molecule has 2 atom stereocenters. The smallest absolute Gasteiger partial charge is 0.0726 e. The molecule has 2 fully saturated rings. The Hall–Kier alpha value is -1.03. The van der Waals surface area contributed by atoms with Crippen LogP contribution in [-0.2, 0) is 0 Å². The number of piperidine rings is 1. The van der Waals surface area contributed by atoms with Gasteiger partial charge in [0.2, 0.25) is 0 Å². The third kappa shape index (κ3) is 1.74. The number of H-pyrrole nitrogens is 1. The van der Waals surface area contributed by atoms with Crippen LogP contribution in [0.3, 0.4) is 0 Å². The first-order valence-corrected chi connectivity index (χ1v) is 5.93. The Morgan fingerprint density at radius 3 is 3.20 bits per heavy atom. The monoisotopic (exact) mass is 206 g/mol. The molecule has 0 aromatic carbocycles. The van der Waals surface area contributed by atoms with Gasteiger partial charge in [-0.3, -0.25) is 10.00 Å². The summed E-state index contributed by atoms with van der Waals surface area (Å²) >= 11 is 0. The summed E-state index contributed by atoms with van der Waals surface area (Å²) < 4.78 is 0. The lowest BCUT2D eigenvalue weighted by Crippen LogP contribution is -2.41. The molecule has 2 aliphatic heterocycles. The number of hydrogen-bond acceptors (Lipinski definition) is 3. The van der Waals surface area contributed by atoms with E-state index in [0.717, 1.165) is 11.7 Å². The lowest BCUT2D eigenvalue weighted by molar-refractivity contribution is 0.193. The Morgan fingerprint density at radius 1 is 1.33 bits per heavy atom. The Labute approximate surface area is 90.0 Å². The van der Waals surface area contributed by atoms with Gasteiger partial charge in [-0.1, -0.05) is 6.42 Å². The third-order valence-corrected chi connectivity index (χ3v) is 3.71. The molecule has 0 bridgehead atoms. The highest BCUT2D eigenvalue weighted by molar-refractivity contribution is 5.39. The van der Waals surface area contributed by atoms with E-state index in [0.29, 0.717) is 6.04 Å². The van der Waals surface area contributed by atoms with E-state index < -0.39 is 0 Å². The number of fused-ring (bicyclic) bond motifs is 1. The van der Waals surface area contributed by atoms with E-state index in [4.69, 9.17) is 0 Å². The normalized spacial score (nSPS) is 31.5. The largest absolute Gasteiger partial charge is 0.378 e. The van der Waals surface area contributed by atoms with E-state index >= 15 is 0 Å². The van der Waals surface area contributed by atoms with Crippen LogP contribution in [0.1, 0.15) is 25.7 Å². The molecule has 0 saturated carbocycles. The molecule has 3 heterocycles. The van der Waals surface area contributed by atoms with Crippen molar-refractivity contribution in [2.45, 2.75) is 37.8 Å². The second kappa shape index (κ2) is 3.85. The van der Waals surface area contributed by atoms with Gasteiger partial charge in [0.05, 0.1) is 11.9 Å². The Kier molecular flexibility index (Phi) is 2.37. The third-order valence-electron chi connectivity index (χ3n) is 3.71. The van der Waals surface area contributed by atoms with E-state index in [9.17, 15) is 0 Å². The van der Waals surface area contributed by atoms with Crippen molar-refractivity contribution in [3.63, 3.8) is 0 Å². The molecule has 0 aliphatic carbocycles. The first-order chi connectivity index (χ1) is 7.43. The molecule has 2 saturated heterocycles. The summed E-state index contributed by atoms with van der Waals surface area (Å²) in [7, 11) is 0. The van der Waals surface area contributed by atoms with Gasteiger partial charge in [-0.05, 0) is 25.8 Å². The SMILES string of the molecule is c1n[nH]cc1NC1CCN2CCCCC12. The molecule has 82 valence electrons. The van der Waals surface area contributed by atoms with E-state index in [1.807, 2.05) is 12.4 Å². The van der Waals surface area contributed by atoms with Gasteiger partial charge in [0, 0.05) is 24.8 Å². The number of nitrogens with one attached hydrogen (secondary N) is 2. The van der Waals surface area contributed by atoms with Crippen LogP contribution in [0, 0.1) is 0 Å². The molecule has 15 heavy (non-hydrogen) atoms. The van der Waals surface area contributed by atoms with E-state index in [1.54, 1.807) is 0 Å². The summed E-state index contributed by atoms with van der Waals surface area (Å²) in [4.78, 5) is 2.64. The standard InChI is InChI=1S/C11H18N4/c1-2-5-15-6-4-10(11(15)3-1)14-9-7-12-13-8-9/h7-8,10-11,14H,1-6H2,(H,12,13). The number of anilines is 1. The fourth-order valence-electron chi connectivity index (χ4n) is 2.96. The number of aromatic nitrogens is 2. The van der Waals surface area contributed by atoms with Gasteiger partial charge in [-0.15, -0.1) is 0 Å². The highest BCUT2D eigenvalue weighted by Crippen LogP contribution is 2.28. The van der Waals surface area contributed by atoms with Crippen LogP contribution in [0.5, 0.6) is 0 Å². The molecule has 2 N–H and O–H groups in total. The van der Waals surface area contributed by atoms with Crippen LogP contribution in [0.4, 0.5) is 5.69 Å². The first kappa shape index (κ1) is 9.21. The van der Waals surface area contributed by atoms with Gasteiger partial charge in [0.15, 0.2) is 0 Å². The Balaban J connectivity index is 1.67. The van der Waals surface area contributed by atoms with Crippen LogP contribution in [0.25, 0.3) is 0 Å². The lowest BCUT2D eigenvalue weighted by Gasteiger charge is -2.32. The van der Waals surface area contributed by atoms with Crippen LogP contribution < -0.4 is 5.32 Å². The molecule has 2 aliphatic rings. The number of rotatable bonds is 2. The van der Waals surface area contributed by atoms with Crippen LogP contribution >= 0.6 is 0 Å². The molecule has 4 nitrogen and oxygen atoms in total. The maximum Gasteiger partial charge on any atom is 0.0726 e. The van der Waals surface area contributed by atoms with Crippen LogP contribution in [0.2, 0.25) is 0 Å². The highest BCUT2D eigenvalue weighted by Gasteiger charge is 2.35. The summed E-state index contributed by atoms with van der Waals surface area (Å²) in [5.74, 6) is 0. The zero-order valence-electron chi connectivity index (χ0n) is 8.95. The second-order valence-electron chi connectivity index (χ2n) is 4.63. The Morgan fingerprint density at radius 2 is 2.33 bits per heavy atom. The summed E-state index contributed by atoms with van der Waals surface area (Å²) in [6, 6.07) is 1.39. The molecule has 3 rings (SSSR count). The molecular weight excluding hydrogens is 188 g/mol. The van der Waals surface area contributed by atoms with Crippen molar-refractivity contribution in [1.82, 2.24) is 15.1 Å². The van der Waals surface area contributed by atoms with Gasteiger partial charge in [-0.2, -0.15) is 5.10 Å². The summed E-state index contributed by atoms with van der Waals surface area (Å²) in [6.45, 7) is 2.56. The summed E-state index contributed by atoms with van der Waals surface area (Å²) in [5, 5.41) is 10.4. The molecule has 2 unspecified atom stereocenters. The van der Waals surface area contributed by atoms with Gasteiger partial charge in [0.1, 0.15) is 0 Å². The molecular formula is C11H18N4. The first-order valence-electron chi connectivity index (χ1n) is 5.93. The Bertz CT molecular complexity index is 308. The van der Waals surface area contributed by atoms with Gasteiger partial charge in [0.25, 0.3) is 0 Å². The second-order valence-corrected chi connectivity index (χ2v) is 4.63. The minimum absolute atomic E-state index is 0.628. The minimum atomic E-state index is 0.628. The topological polar surface area (TPSA) is 44.0 Å². The van der Waals surface area contributed by atoms with Crippen molar-refractivity contribution < 1.29 is 0 Å². The number of nitrogens with zero attached hydrogens (tertiary/aromatic N) is 2. The average molecular weight is 206 g/mol. The van der Waals surface area contributed by atoms with Crippen molar-refractivity contribution in [1.29, 1.82) is 0 Å². The molecule has 0 radical (unpaired) electrons. The maximum atomic E-state index is 3.97. The van der Waals surface area contributed by atoms with Crippen molar-refractivity contribution in [3.8, 4) is 0 Å². The number of aromatic amines is 1. The quantitative estimate of drug-likeness (QED) is 0.769.